The number of hydrogen-bond donors (Lipinski definition) is 0. The molecule has 0 unspecified atom stereocenters. The Morgan fingerprint density at radius 1 is 0.384 bits per heavy atom. The van der Waals surface area contributed by atoms with Gasteiger partial charge in [0.15, 0.2) is 24.8 Å². The molecular weight excluding hydrogens is 885 g/mol. The lowest BCUT2D eigenvalue weighted by Gasteiger charge is -2.11. The van der Waals surface area contributed by atoms with Gasteiger partial charge in [-0.2, -0.15) is 0 Å². The minimum Gasteiger partial charge on any atom is -0.201 e. The summed E-state index contributed by atoms with van der Waals surface area (Å²) >= 11 is 0. The highest BCUT2D eigenvalue weighted by molar-refractivity contribution is 5.64. The number of nitrogens with zero attached hydrogens (tertiary/aromatic N) is 4. The first-order valence-electron chi connectivity index (χ1n) is 33.5. The Balaban J connectivity index is 0.000000219. The molecule has 4 nitrogen and oxygen atoms in total. The van der Waals surface area contributed by atoms with E-state index in [1.807, 2.05) is 182 Å². The van der Waals surface area contributed by atoms with Crippen molar-refractivity contribution in [3.8, 4) is 45.0 Å². The summed E-state index contributed by atoms with van der Waals surface area (Å²) in [6.07, 6.45) is 1.83. The lowest BCUT2D eigenvalue weighted by Crippen LogP contribution is -2.32. The zero-order chi connectivity index (χ0) is 68.4. The van der Waals surface area contributed by atoms with Gasteiger partial charge in [-0.15, -0.1) is 0 Å². The summed E-state index contributed by atoms with van der Waals surface area (Å²) in [6, 6.07) is 35.1. The first-order chi connectivity index (χ1) is 41.1. The maximum absolute atomic E-state index is 8.36. The number of aryl methyl sites for hydroxylation is 15. The van der Waals surface area contributed by atoms with Crippen LogP contribution in [-0.2, 0) is 53.7 Å². The highest BCUT2D eigenvalue weighted by atomic mass is 14.9. The van der Waals surface area contributed by atoms with Gasteiger partial charge in [0, 0.05) is 92.1 Å². The minimum atomic E-state index is -2.11. The fourth-order valence-electron chi connectivity index (χ4n) is 8.81. The van der Waals surface area contributed by atoms with E-state index in [-0.39, 0.29) is 11.8 Å². The van der Waals surface area contributed by atoms with Gasteiger partial charge in [-0.3, -0.25) is 0 Å². The van der Waals surface area contributed by atoms with Crippen molar-refractivity contribution < 1.29 is 41.6 Å². The first-order valence-corrected chi connectivity index (χ1v) is 25.0. The van der Waals surface area contributed by atoms with Crippen LogP contribution in [0.2, 0.25) is 0 Å². The fraction of sp³-hybridized carbons (Fsp3) is 0.362. The van der Waals surface area contributed by atoms with Crippen LogP contribution in [-0.4, -0.2) is 0 Å². The Morgan fingerprint density at radius 2 is 0.781 bits per heavy atom. The van der Waals surface area contributed by atoms with E-state index in [1.165, 1.54) is 18.1 Å². The third-order valence-electron chi connectivity index (χ3n) is 12.6. The van der Waals surface area contributed by atoms with E-state index in [2.05, 4.69) is 25.1 Å². The van der Waals surface area contributed by atoms with E-state index in [4.69, 9.17) is 23.3 Å². The molecule has 0 fully saturated rings. The SMILES string of the molecule is [2H]C([2H])(C)c1c[n+](C)c(-c2ccccc2C)cc1C.[2H]C([2H])([2H])c1ccc(-c2cc(C)c(C([2H])([2H])C(C)C)c[n+]2C)c(C)c1.[2H]C([2H])([2H])c1ccc(-c2ccc(C([2H])([2H])C(C)C)c[n+]2C)c(C)c1.[2H]C([2H])([2H])c1ccc(-c2ccc(C([2H])([2H])C)c[n+]2C)c(C)c1. The van der Waals surface area contributed by atoms with Gasteiger partial charge in [-0.1, -0.05) is 113 Å². The fourth-order valence-corrected chi connectivity index (χ4v) is 8.81. The molecule has 0 spiro atoms. The maximum atomic E-state index is 8.36. The van der Waals surface area contributed by atoms with Crippen molar-refractivity contribution in [2.24, 2.45) is 40.0 Å². The predicted octanol–water partition coefficient (Wildman–Crippen LogP) is 15.0. The molecule has 0 amide bonds. The van der Waals surface area contributed by atoms with Crippen LogP contribution in [0.3, 0.4) is 0 Å². The van der Waals surface area contributed by atoms with E-state index in [1.54, 1.807) is 55.6 Å². The molecule has 0 aliphatic heterocycles. The Morgan fingerprint density at radius 3 is 1.19 bits per heavy atom. The standard InChI is InChI=1S/C19H26N.C18H24N.2C16H20N/c1-13(2)9-17-12-20(6)19(11-15(17)4)18-8-7-14(3)10-16(18)5;1-13(2)10-16-7-9-18(19(5)12-16)17-8-6-14(3)11-15(17)4;1-5-14-7-9-16(17(4)11-14)15-8-6-12(2)10-13(15)3;1-5-14-11-17(4)16(10-13(14)3)15-9-7-6-8-12(15)2/h7-8,10-13H,9H2,1-6H3;6-9,11-13H,10H2,1-5H3;2*6-11H,5H2,1-4H3/q4*+1/i3D3,9D2;3D3,10D2;2D3,5D2;5D2. The molecule has 4 heteroatoms. The van der Waals surface area contributed by atoms with Gasteiger partial charge < -0.3 is 0 Å². The third kappa shape index (κ3) is 15.7. The average molecular weight is 993 g/mol. The van der Waals surface area contributed by atoms with E-state index in [0.29, 0.717) is 33.4 Å². The van der Waals surface area contributed by atoms with Crippen LogP contribution in [0.25, 0.3) is 45.0 Å². The second-order valence-corrected chi connectivity index (χ2v) is 19.6. The molecule has 4 aromatic heterocycles. The summed E-state index contributed by atoms with van der Waals surface area (Å²) in [4.78, 5) is 0. The Bertz CT molecular complexity index is 3780. The first kappa shape index (κ1) is 37.2. The van der Waals surface area contributed by atoms with Crippen molar-refractivity contribution in [1.82, 2.24) is 0 Å². The second-order valence-electron chi connectivity index (χ2n) is 19.6. The van der Waals surface area contributed by atoms with E-state index in [9.17, 15) is 0 Å². The quantitative estimate of drug-likeness (QED) is 0.121. The number of rotatable bonds is 10. The van der Waals surface area contributed by atoms with Gasteiger partial charge in [0.05, 0.1) is 0 Å². The van der Waals surface area contributed by atoms with Crippen molar-refractivity contribution in [3.05, 3.63) is 212 Å². The van der Waals surface area contributed by atoms with Gasteiger partial charge in [-0.25, -0.2) is 18.3 Å². The van der Waals surface area contributed by atoms with Crippen LogP contribution in [0, 0.1) is 73.9 Å². The van der Waals surface area contributed by atoms with Crippen molar-refractivity contribution in [3.63, 3.8) is 0 Å². The molecule has 0 aliphatic rings. The zero-order valence-corrected chi connectivity index (χ0v) is 46.2. The van der Waals surface area contributed by atoms with Crippen molar-refractivity contribution in [2.75, 3.05) is 0 Å². The maximum Gasteiger partial charge on any atom is 0.212 e. The summed E-state index contributed by atoms with van der Waals surface area (Å²) in [5, 5.41) is 0. The van der Waals surface area contributed by atoms with Crippen LogP contribution in [0.4, 0.5) is 0 Å². The number of aromatic nitrogens is 4. The summed E-state index contributed by atoms with van der Waals surface area (Å²) in [5.41, 5.74) is 17.4. The molecule has 0 atom stereocenters. The van der Waals surface area contributed by atoms with Crippen molar-refractivity contribution in [2.45, 2.75) is 129 Å². The monoisotopic (exact) mass is 992 g/mol. The summed E-state index contributed by atoms with van der Waals surface area (Å²) < 4.78 is 140. The normalized spacial score (nSPS) is 15.6. The summed E-state index contributed by atoms with van der Waals surface area (Å²) in [6.45, 7) is 16.0. The van der Waals surface area contributed by atoms with Crippen molar-refractivity contribution >= 4 is 0 Å². The molecule has 0 N–H and O–H groups in total. The highest BCUT2D eigenvalue weighted by Gasteiger charge is 2.18. The molecule has 8 rings (SSSR count). The molecule has 4 aromatic carbocycles. The number of pyridine rings is 4. The van der Waals surface area contributed by atoms with Gasteiger partial charge in [-0.05, 0) is 169 Å². The molecule has 0 saturated carbocycles. The molecule has 0 saturated heterocycles. The lowest BCUT2D eigenvalue weighted by atomic mass is 9.97. The third-order valence-corrected chi connectivity index (χ3v) is 12.6. The van der Waals surface area contributed by atoms with Gasteiger partial charge >= 0.3 is 0 Å². The molecule has 4 heterocycles. The smallest absolute Gasteiger partial charge is 0.201 e. The van der Waals surface area contributed by atoms with E-state index in [0.717, 1.165) is 72.8 Å². The van der Waals surface area contributed by atoms with Crippen molar-refractivity contribution in [1.29, 1.82) is 0 Å². The molecule has 8 aromatic rings. The van der Waals surface area contributed by atoms with Crippen LogP contribution < -0.4 is 18.3 Å². The van der Waals surface area contributed by atoms with Gasteiger partial charge in [0.1, 0.15) is 28.2 Å². The van der Waals surface area contributed by atoms with Crippen LogP contribution in [0.1, 0.15) is 137 Å². The topological polar surface area (TPSA) is 15.5 Å². The van der Waals surface area contributed by atoms with Crippen LogP contribution >= 0.6 is 0 Å². The predicted molar refractivity (Wildman–Crippen MR) is 311 cm³/mol. The number of benzene rings is 4. The van der Waals surface area contributed by atoms with Gasteiger partial charge in [0.25, 0.3) is 0 Å². The number of hydrogen-bond acceptors (Lipinski definition) is 0. The Hall–Kier alpha value is -6.52. The average Bonchev–Trinajstić information content (AvgIpc) is 0.835. The van der Waals surface area contributed by atoms with Crippen LogP contribution in [0.5, 0.6) is 0 Å². The van der Waals surface area contributed by atoms with E-state index < -0.39 is 46.0 Å². The Labute approximate surface area is 467 Å². The second kappa shape index (κ2) is 26.4. The molecule has 0 radical (unpaired) electrons. The molecule has 0 aliphatic carbocycles. The summed E-state index contributed by atoms with van der Waals surface area (Å²) in [5.74, 6) is -0.249. The summed E-state index contributed by atoms with van der Waals surface area (Å²) in [7, 11) is 7.61. The van der Waals surface area contributed by atoms with Crippen LogP contribution in [0.15, 0.2) is 140 Å². The van der Waals surface area contributed by atoms with Gasteiger partial charge in [0.2, 0.25) is 22.8 Å². The zero-order valence-electron chi connectivity index (χ0n) is 63.2. The van der Waals surface area contributed by atoms with E-state index >= 15 is 0 Å². The molecular formula is C69H90N4+4. The lowest BCUT2D eigenvalue weighted by molar-refractivity contribution is -0.661. The molecule has 0 bridgehead atoms. The minimum absolute atomic E-state index is 0.122. The largest absolute Gasteiger partial charge is 0.212 e. The Kier molecular flexibility index (Phi) is 13.5. The highest BCUT2D eigenvalue weighted by Crippen LogP contribution is 2.26. The molecule has 382 valence electrons. The molecule has 73 heavy (non-hydrogen) atoms.